The van der Waals surface area contributed by atoms with Crippen molar-refractivity contribution in [2.24, 2.45) is 0 Å². The van der Waals surface area contributed by atoms with Gasteiger partial charge in [0.05, 0.1) is 6.04 Å². The van der Waals surface area contributed by atoms with E-state index >= 15 is 0 Å². The molecule has 3 heterocycles. The second-order valence-corrected chi connectivity index (χ2v) is 8.60. The van der Waals surface area contributed by atoms with Crippen molar-refractivity contribution in [2.75, 3.05) is 6.54 Å². The minimum atomic E-state index is -0.365. The van der Waals surface area contributed by atoms with Crippen molar-refractivity contribution in [1.82, 2.24) is 20.6 Å². The van der Waals surface area contributed by atoms with Gasteiger partial charge in [-0.15, -0.1) is 0 Å². The molecule has 1 amide bonds. The zero-order valence-corrected chi connectivity index (χ0v) is 17.3. The van der Waals surface area contributed by atoms with E-state index in [1.807, 2.05) is 42.7 Å². The van der Waals surface area contributed by atoms with Crippen molar-refractivity contribution in [2.45, 2.75) is 12.1 Å². The molecule has 0 aliphatic carbocycles. The molecule has 1 aliphatic rings. The van der Waals surface area contributed by atoms with Crippen LogP contribution in [0.25, 0.3) is 21.8 Å². The molecule has 2 atom stereocenters. The molecular formula is C20H16Br2N4O. The van der Waals surface area contributed by atoms with Gasteiger partial charge in [0, 0.05) is 60.8 Å². The van der Waals surface area contributed by atoms with Crippen LogP contribution in [-0.2, 0) is 4.79 Å². The van der Waals surface area contributed by atoms with E-state index in [0.29, 0.717) is 6.54 Å². The fourth-order valence-electron chi connectivity index (χ4n) is 3.84. The maximum absolute atomic E-state index is 12.9. The monoisotopic (exact) mass is 486 g/mol. The normalized spacial score (nSPS) is 20.3. The summed E-state index contributed by atoms with van der Waals surface area (Å²) in [6.07, 6.45) is 3.89. The number of carbonyl (C=O) groups is 1. The Labute approximate surface area is 172 Å². The fraction of sp³-hybridized carbons (Fsp3) is 0.150. The van der Waals surface area contributed by atoms with Crippen LogP contribution < -0.4 is 10.6 Å². The van der Waals surface area contributed by atoms with Crippen molar-refractivity contribution in [3.8, 4) is 0 Å². The second kappa shape index (κ2) is 6.51. The molecule has 0 radical (unpaired) electrons. The summed E-state index contributed by atoms with van der Waals surface area (Å²) in [7, 11) is 0. The number of benzene rings is 2. The van der Waals surface area contributed by atoms with Crippen LogP contribution in [0.1, 0.15) is 23.2 Å². The third kappa shape index (κ3) is 2.90. The van der Waals surface area contributed by atoms with Gasteiger partial charge in [-0.1, -0.05) is 44.0 Å². The average molecular weight is 488 g/mol. The van der Waals surface area contributed by atoms with Crippen LogP contribution in [0, 0.1) is 0 Å². The number of hydrogen-bond donors (Lipinski definition) is 4. The molecule has 0 bridgehead atoms. The smallest absolute Gasteiger partial charge is 0.242 e. The minimum Gasteiger partial charge on any atom is -0.361 e. The molecule has 27 heavy (non-hydrogen) atoms. The van der Waals surface area contributed by atoms with Crippen LogP contribution in [0.4, 0.5) is 0 Å². The zero-order chi connectivity index (χ0) is 18.5. The molecule has 1 saturated heterocycles. The quantitative estimate of drug-likeness (QED) is 0.331. The summed E-state index contributed by atoms with van der Waals surface area (Å²) in [5.74, 6) is -0.0125. The van der Waals surface area contributed by atoms with Gasteiger partial charge in [0.25, 0.3) is 0 Å². The van der Waals surface area contributed by atoms with Crippen molar-refractivity contribution < 1.29 is 4.79 Å². The summed E-state index contributed by atoms with van der Waals surface area (Å²) < 4.78 is 2.04. The topological polar surface area (TPSA) is 72.7 Å². The van der Waals surface area contributed by atoms with E-state index in [1.165, 1.54) is 0 Å². The zero-order valence-electron chi connectivity index (χ0n) is 14.1. The van der Waals surface area contributed by atoms with Gasteiger partial charge >= 0.3 is 0 Å². The molecule has 0 saturated carbocycles. The molecule has 1 fully saturated rings. The summed E-state index contributed by atoms with van der Waals surface area (Å²) in [5, 5.41) is 8.79. The van der Waals surface area contributed by atoms with E-state index in [4.69, 9.17) is 0 Å². The summed E-state index contributed by atoms with van der Waals surface area (Å²) in [6.45, 7) is 0.669. The van der Waals surface area contributed by atoms with Crippen LogP contribution in [0.15, 0.2) is 57.7 Å². The molecule has 2 aromatic carbocycles. The predicted molar refractivity (Wildman–Crippen MR) is 114 cm³/mol. The predicted octanol–water partition coefficient (Wildman–Crippen LogP) is 4.68. The van der Waals surface area contributed by atoms with Crippen LogP contribution in [-0.4, -0.2) is 22.4 Å². The Morgan fingerprint density at radius 3 is 2.07 bits per heavy atom. The Morgan fingerprint density at radius 1 is 0.852 bits per heavy atom. The number of fused-ring (bicyclic) bond motifs is 2. The van der Waals surface area contributed by atoms with E-state index in [2.05, 4.69) is 58.5 Å². The first-order valence-corrected chi connectivity index (χ1v) is 10.3. The average Bonchev–Trinajstić information content (AvgIpc) is 3.25. The SMILES string of the molecule is O=C1N[C@H](c2c[nH]c3cc(Br)ccc23)CN[C@@H]1c1c[nH]c2cc(Br)ccc12. The van der Waals surface area contributed by atoms with Crippen molar-refractivity contribution in [3.05, 3.63) is 68.9 Å². The molecule has 1 aliphatic heterocycles. The molecule has 0 unspecified atom stereocenters. The number of aromatic nitrogens is 2. The lowest BCUT2D eigenvalue weighted by Crippen LogP contribution is -2.49. The number of halogens is 2. The fourth-order valence-corrected chi connectivity index (χ4v) is 4.56. The first-order chi connectivity index (χ1) is 13.1. The third-order valence-electron chi connectivity index (χ3n) is 5.14. The lowest BCUT2D eigenvalue weighted by atomic mass is 9.98. The highest BCUT2D eigenvalue weighted by Gasteiger charge is 2.31. The van der Waals surface area contributed by atoms with Crippen LogP contribution in [0.5, 0.6) is 0 Å². The van der Waals surface area contributed by atoms with Crippen molar-refractivity contribution >= 4 is 59.6 Å². The highest BCUT2D eigenvalue weighted by molar-refractivity contribution is 9.10. The van der Waals surface area contributed by atoms with Crippen molar-refractivity contribution in [1.29, 1.82) is 0 Å². The molecule has 4 N–H and O–H groups in total. The van der Waals surface area contributed by atoms with Gasteiger partial charge in [0.15, 0.2) is 0 Å². The standard InChI is InChI=1S/C20H16Br2N4O/c21-10-1-3-12-14(7-23-16(12)5-10)18-9-25-19(20(27)26-18)15-8-24-17-6-11(22)2-4-13(15)17/h1-8,18-19,23-25H,9H2,(H,26,27)/t18-,19+/m0/s1. The van der Waals surface area contributed by atoms with Gasteiger partial charge < -0.3 is 15.3 Å². The highest BCUT2D eigenvalue weighted by atomic mass is 79.9. The van der Waals surface area contributed by atoms with Crippen LogP contribution >= 0.6 is 31.9 Å². The van der Waals surface area contributed by atoms with Crippen LogP contribution in [0.3, 0.4) is 0 Å². The number of carbonyl (C=O) groups excluding carboxylic acids is 1. The Morgan fingerprint density at radius 2 is 1.44 bits per heavy atom. The molecule has 5 nitrogen and oxygen atoms in total. The van der Waals surface area contributed by atoms with E-state index in [1.54, 1.807) is 0 Å². The van der Waals surface area contributed by atoms with E-state index < -0.39 is 0 Å². The second-order valence-electron chi connectivity index (χ2n) is 6.77. The van der Waals surface area contributed by atoms with Gasteiger partial charge in [-0.3, -0.25) is 10.1 Å². The largest absolute Gasteiger partial charge is 0.361 e. The number of amides is 1. The Bertz CT molecular complexity index is 1180. The molecule has 4 aromatic rings. The minimum absolute atomic E-state index is 0.0125. The van der Waals surface area contributed by atoms with Gasteiger partial charge in [0.2, 0.25) is 5.91 Å². The summed E-state index contributed by atoms with van der Waals surface area (Å²) in [4.78, 5) is 19.4. The van der Waals surface area contributed by atoms with Gasteiger partial charge in [0.1, 0.15) is 6.04 Å². The number of H-pyrrole nitrogens is 2. The molecule has 136 valence electrons. The van der Waals surface area contributed by atoms with E-state index in [0.717, 1.165) is 41.9 Å². The number of aromatic amines is 2. The Balaban J connectivity index is 1.44. The number of nitrogens with one attached hydrogen (secondary N) is 4. The maximum Gasteiger partial charge on any atom is 0.242 e. The highest BCUT2D eigenvalue weighted by Crippen LogP contribution is 2.32. The molecule has 5 rings (SSSR count). The van der Waals surface area contributed by atoms with Crippen LogP contribution in [0.2, 0.25) is 0 Å². The van der Waals surface area contributed by atoms with E-state index in [9.17, 15) is 4.79 Å². The number of rotatable bonds is 2. The molecule has 2 aromatic heterocycles. The third-order valence-corrected chi connectivity index (χ3v) is 6.13. The lowest BCUT2D eigenvalue weighted by molar-refractivity contribution is -0.125. The number of hydrogen-bond acceptors (Lipinski definition) is 2. The van der Waals surface area contributed by atoms with E-state index in [-0.39, 0.29) is 18.0 Å². The van der Waals surface area contributed by atoms with Gasteiger partial charge in [-0.25, -0.2) is 0 Å². The Kier molecular flexibility index (Phi) is 4.11. The van der Waals surface area contributed by atoms with Gasteiger partial charge in [-0.2, -0.15) is 0 Å². The first kappa shape index (κ1) is 17.0. The Hall–Kier alpha value is -2.09. The summed E-state index contributed by atoms with van der Waals surface area (Å²) in [5.41, 5.74) is 4.13. The van der Waals surface area contributed by atoms with Gasteiger partial charge in [-0.05, 0) is 24.3 Å². The maximum atomic E-state index is 12.9. The molecular weight excluding hydrogens is 472 g/mol. The molecule has 0 spiro atoms. The first-order valence-electron chi connectivity index (χ1n) is 8.67. The lowest BCUT2D eigenvalue weighted by Gasteiger charge is -2.30. The molecule has 7 heteroatoms. The van der Waals surface area contributed by atoms with Crippen molar-refractivity contribution in [3.63, 3.8) is 0 Å². The number of piperazine rings is 1. The summed E-state index contributed by atoms with van der Waals surface area (Å²) >= 11 is 6.98. The summed E-state index contributed by atoms with van der Waals surface area (Å²) in [6, 6.07) is 11.7.